The molecule has 0 aromatic carbocycles. The van der Waals surface area contributed by atoms with Crippen molar-refractivity contribution in [2.75, 3.05) is 0 Å². The van der Waals surface area contributed by atoms with E-state index in [9.17, 15) is 9.59 Å². The van der Waals surface area contributed by atoms with Crippen molar-refractivity contribution in [3.05, 3.63) is 34.0 Å². The number of carbonyl (C=O) groups is 2. The summed E-state index contributed by atoms with van der Waals surface area (Å²) >= 11 is 1.60. The van der Waals surface area contributed by atoms with Gasteiger partial charge >= 0.3 is 5.97 Å². The van der Waals surface area contributed by atoms with Gasteiger partial charge in [0, 0.05) is 4.88 Å². The van der Waals surface area contributed by atoms with E-state index in [2.05, 4.69) is 5.32 Å². The first-order valence-corrected chi connectivity index (χ1v) is 7.16. The van der Waals surface area contributed by atoms with Gasteiger partial charge in [-0.15, -0.1) is 11.3 Å². The fourth-order valence-corrected chi connectivity index (χ4v) is 3.11. The maximum absolute atomic E-state index is 12.1. The molecule has 5 heteroatoms. The Bertz CT molecular complexity index is 507. The molecular weight excluding hydrogens is 262 g/mol. The highest BCUT2D eigenvalue weighted by Gasteiger charge is 2.33. The van der Waals surface area contributed by atoms with Crippen LogP contribution >= 0.6 is 11.3 Å². The minimum Gasteiger partial charge on any atom is -0.481 e. The molecule has 0 saturated carbocycles. The highest BCUT2D eigenvalue weighted by molar-refractivity contribution is 7.10. The highest BCUT2D eigenvalue weighted by atomic mass is 32.1. The van der Waals surface area contributed by atoms with Crippen molar-refractivity contribution >= 4 is 23.2 Å². The molecule has 0 saturated heterocycles. The highest BCUT2D eigenvalue weighted by Crippen LogP contribution is 2.26. The van der Waals surface area contributed by atoms with Crippen LogP contribution in [-0.4, -0.2) is 17.0 Å². The largest absolute Gasteiger partial charge is 0.481 e. The van der Waals surface area contributed by atoms with Crippen LogP contribution in [0.5, 0.6) is 0 Å². The van der Waals surface area contributed by atoms with E-state index in [4.69, 9.17) is 5.11 Å². The van der Waals surface area contributed by atoms with Crippen molar-refractivity contribution in [2.24, 2.45) is 11.8 Å². The second kappa shape index (κ2) is 6.02. The predicted octanol–water partition coefficient (Wildman–Crippen LogP) is 2.34. The quantitative estimate of drug-likeness (QED) is 0.831. The summed E-state index contributed by atoms with van der Waals surface area (Å²) in [6.07, 6.45) is 4.67. The average Bonchev–Trinajstić information content (AvgIpc) is 2.81. The summed E-state index contributed by atoms with van der Waals surface area (Å²) in [5, 5.41) is 14.0. The normalized spacial score (nSPS) is 22.2. The first-order valence-electron chi connectivity index (χ1n) is 6.28. The Morgan fingerprint density at radius 3 is 2.63 bits per heavy atom. The number of nitrogens with one attached hydrogen (secondary N) is 1. The van der Waals surface area contributed by atoms with Crippen LogP contribution < -0.4 is 5.32 Å². The molecular formula is C14H17NO3S. The Hall–Kier alpha value is -1.62. The zero-order valence-corrected chi connectivity index (χ0v) is 11.6. The number of carboxylic acids is 1. The number of carbonyl (C=O) groups excluding carboxylic acids is 1. The molecule has 2 N–H and O–H groups in total. The average molecular weight is 279 g/mol. The van der Waals surface area contributed by atoms with Crippen molar-refractivity contribution in [1.29, 1.82) is 0 Å². The molecule has 0 spiro atoms. The lowest BCUT2D eigenvalue weighted by Crippen LogP contribution is -2.38. The molecule has 2 rings (SSSR count). The molecule has 4 nitrogen and oxygen atoms in total. The maximum Gasteiger partial charge on any atom is 0.307 e. The monoisotopic (exact) mass is 279 g/mol. The fraction of sp³-hybridized carbons (Fsp3) is 0.429. The van der Waals surface area contributed by atoms with Crippen LogP contribution in [0.2, 0.25) is 0 Å². The second-order valence-corrected chi connectivity index (χ2v) is 5.74. The molecule has 0 radical (unpaired) electrons. The molecule has 0 fully saturated rings. The lowest BCUT2D eigenvalue weighted by atomic mass is 9.82. The molecule has 1 aliphatic rings. The minimum absolute atomic E-state index is 0.162. The van der Waals surface area contributed by atoms with Crippen LogP contribution in [0, 0.1) is 18.8 Å². The van der Waals surface area contributed by atoms with E-state index in [1.54, 1.807) is 11.3 Å². The van der Waals surface area contributed by atoms with Crippen molar-refractivity contribution in [3.8, 4) is 0 Å². The van der Waals surface area contributed by atoms with Gasteiger partial charge in [0.2, 0.25) is 5.91 Å². The fourth-order valence-electron chi connectivity index (χ4n) is 2.26. The van der Waals surface area contributed by atoms with Crippen LogP contribution in [0.15, 0.2) is 23.6 Å². The van der Waals surface area contributed by atoms with Crippen LogP contribution in [0.1, 0.15) is 23.3 Å². The van der Waals surface area contributed by atoms with E-state index in [1.165, 1.54) is 0 Å². The summed E-state index contributed by atoms with van der Waals surface area (Å²) in [7, 11) is 0. The van der Waals surface area contributed by atoms with Gasteiger partial charge in [0.25, 0.3) is 0 Å². The molecule has 1 aliphatic carbocycles. The molecule has 0 aliphatic heterocycles. The molecule has 1 aromatic heterocycles. The summed E-state index contributed by atoms with van der Waals surface area (Å²) in [6, 6.07) is 2.01. The molecule has 1 heterocycles. The zero-order valence-electron chi connectivity index (χ0n) is 10.8. The number of rotatable bonds is 4. The third-order valence-corrected chi connectivity index (χ3v) is 4.50. The molecule has 19 heavy (non-hydrogen) atoms. The van der Waals surface area contributed by atoms with Crippen molar-refractivity contribution < 1.29 is 14.7 Å². The van der Waals surface area contributed by atoms with E-state index < -0.39 is 17.8 Å². The van der Waals surface area contributed by atoms with Gasteiger partial charge in [-0.3, -0.25) is 9.59 Å². The van der Waals surface area contributed by atoms with E-state index in [-0.39, 0.29) is 5.91 Å². The van der Waals surface area contributed by atoms with E-state index in [0.29, 0.717) is 19.4 Å². The summed E-state index contributed by atoms with van der Waals surface area (Å²) < 4.78 is 0. The SMILES string of the molecule is Cc1ccsc1CNC(=O)[C@@H]1CC=CC[C@H]1C(=O)O. The minimum atomic E-state index is -0.892. The standard InChI is InChI=1S/C14H17NO3S/c1-9-6-7-19-12(9)8-15-13(16)10-4-2-3-5-11(10)14(17)18/h2-3,6-7,10-11H,4-5,8H2,1H3,(H,15,16)(H,17,18)/t10-,11-/m1/s1. The second-order valence-electron chi connectivity index (χ2n) is 4.74. The third kappa shape index (κ3) is 3.23. The van der Waals surface area contributed by atoms with Gasteiger partial charge in [-0.2, -0.15) is 0 Å². The van der Waals surface area contributed by atoms with Crippen LogP contribution in [-0.2, 0) is 16.1 Å². The number of amides is 1. The van der Waals surface area contributed by atoms with E-state index in [1.807, 2.05) is 30.5 Å². The van der Waals surface area contributed by atoms with Gasteiger partial charge < -0.3 is 10.4 Å². The summed E-state index contributed by atoms with van der Waals surface area (Å²) in [5.74, 6) is -2.11. The van der Waals surface area contributed by atoms with E-state index >= 15 is 0 Å². The van der Waals surface area contributed by atoms with Gasteiger partial charge in [-0.25, -0.2) is 0 Å². The Kier molecular flexibility index (Phi) is 4.37. The van der Waals surface area contributed by atoms with Gasteiger partial charge in [0.1, 0.15) is 0 Å². The lowest BCUT2D eigenvalue weighted by molar-refractivity contribution is -0.147. The smallest absolute Gasteiger partial charge is 0.307 e. The van der Waals surface area contributed by atoms with Gasteiger partial charge in [0.15, 0.2) is 0 Å². The molecule has 1 aromatic rings. The third-order valence-electron chi connectivity index (χ3n) is 3.48. The number of aliphatic carboxylic acids is 1. The topological polar surface area (TPSA) is 66.4 Å². The van der Waals surface area contributed by atoms with E-state index in [0.717, 1.165) is 10.4 Å². The Labute approximate surface area is 116 Å². The summed E-state index contributed by atoms with van der Waals surface area (Å²) in [6.45, 7) is 2.48. The van der Waals surface area contributed by atoms with Gasteiger partial charge in [-0.05, 0) is 36.8 Å². The summed E-state index contributed by atoms with van der Waals surface area (Å²) in [4.78, 5) is 24.4. The molecule has 0 unspecified atom stereocenters. The first-order chi connectivity index (χ1) is 9.09. The Balaban J connectivity index is 1.97. The number of thiophene rings is 1. The van der Waals surface area contributed by atoms with Crippen LogP contribution in [0.25, 0.3) is 0 Å². The van der Waals surface area contributed by atoms with Gasteiger partial charge in [0.05, 0.1) is 18.4 Å². The van der Waals surface area contributed by atoms with Crippen molar-refractivity contribution in [2.45, 2.75) is 26.3 Å². The molecule has 0 bridgehead atoms. The number of carboxylic acid groups (broad SMARTS) is 1. The zero-order chi connectivity index (χ0) is 13.8. The summed E-state index contributed by atoms with van der Waals surface area (Å²) in [5.41, 5.74) is 1.16. The number of hydrogen-bond donors (Lipinski definition) is 2. The van der Waals surface area contributed by atoms with Crippen molar-refractivity contribution in [1.82, 2.24) is 5.32 Å². The molecule has 1 amide bonds. The Morgan fingerprint density at radius 1 is 1.37 bits per heavy atom. The van der Waals surface area contributed by atoms with Crippen LogP contribution in [0.4, 0.5) is 0 Å². The molecule has 102 valence electrons. The van der Waals surface area contributed by atoms with Crippen molar-refractivity contribution in [3.63, 3.8) is 0 Å². The number of hydrogen-bond acceptors (Lipinski definition) is 3. The number of allylic oxidation sites excluding steroid dienone is 2. The molecule has 2 atom stereocenters. The van der Waals surface area contributed by atoms with Crippen LogP contribution in [0.3, 0.4) is 0 Å². The predicted molar refractivity (Wildman–Crippen MR) is 73.9 cm³/mol. The number of aryl methyl sites for hydroxylation is 1. The maximum atomic E-state index is 12.1. The van der Waals surface area contributed by atoms with Gasteiger partial charge in [-0.1, -0.05) is 12.2 Å². The Morgan fingerprint density at radius 2 is 2.05 bits per heavy atom. The first kappa shape index (κ1) is 13.8. The lowest BCUT2D eigenvalue weighted by Gasteiger charge is -2.24.